The number of aromatic amines is 1. The second kappa shape index (κ2) is 8.66. The Labute approximate surface area is 152 Å². The zero-order valence-corrected chi connectivity index (χ0v) is 14.9. The third-order valence-corrected chi connectivity index (χ3v) is 4.78. The predicted molar refractivity (Wildman–Crippen MR) is 96.4 cm³/mol. The van der Waals surface area contributed by atoms with Crippen LogP contribution in [0.5, 0.6) is 0 Å². The fraction of sp³-hybridized carbons (Fsp3) is 0.500. The van der Waals surface area contributed by atoms with E-state index in [1.54, 1.807) is 0 Å². The van der Waals surface area contributed by atoms with Gasteiger partial charge in [0.1, 0.15) is 0 Å². The van der Waals surface area contributed by atoms with Gasteiger partial charge in [-0.15, -0.1) is 10.2 Å². The van der Waals surface area contributed by atoms with Crippen LogP contribution in [0.25, 0.3) is 5.57 Å². The van der Waals surface area contributed by atoms with Crippen molar-refractivity contribution in [1.82, 2.24) is 30.9 Å². The molecule has 2 atom stereocenters. The van der Waals surface area contributed by atoms with Gasteiger partial charge in [-0.2, -0.15) is 5.21 Å². The molecule has 2 aromatic heterocycles. The zero-order chi connectivity index (χ0) is 18.4. The molecule has 3 heterocycles. The van der Waals surface area contributed by atoms with Gasteiger partial charge in [0, 0.05) is 30.8 Å². The minimum Gasteiger partial charge on any atom is -0.481 e. The summed E-state index contributed by atoms with van der Waals surface area (Å²) in [6.07, 6.45) is 6.85. The predicted octanol–water partition coefficient (Wildman–Crippen LogP) is 1.80. The molecule has 0 saturated heterocycles. The molecule has 0 saturated carbocycles. The molecule has 0 amide bonds. The molecule has 26 heavy (non-hydrogen) atoms. The fourth-order valence-corrected chi connectivity index (χ4v) is 3.39. The van der Waals surface area contributed by atoms with E-state index in [9.17, 15) is 9.90 Å². The van der Waals surface area contributed by atoms with Crippen molar-refractivity contribution in [2.75, 3.05) is 13.1 Å². The first-order chi connectivity index (χ1) is 12.7. The number of rotatable bonds is 8. The lowest BCUT2D eigenvalue weighted by molar-refractivity contribution is -0.143. The van der Waals surface area contributed by atoms with Crippen LogP contribution in [0.3, 0.4) is 0 Å². The second-order valence-electron chi connectivity index (χ2n) is 6.54. The Morgan fingerprint density at radius 1 is 1.38 bits per heavy atom. The largest absolute Gasteiger partial charge is 0.481 e. The molecule has 8 heteroatoms. The van der Waals surface area contributed by atoms with Crippen molar-refractivity contribution in [1.29, 1.82) is 0 Å². The Bertz CT molecular complexity index is 742. The van der Waals surface area contributed by atoms with Crippen LogP contribution in [-0.4, -0.2) is 49.8 Å². The van der Waals surface area contributed by atoms with Gasteiger partial charge in [-0.1, -0.05) is 30.7 Å². The van der Waals surface area contributed by atoms with Crippen LogP contribution in [-0.2, 0) is 11.2 Å². The van der Waals surface area contributed by atoms with Gasteiger partial charge in [-0.05, 0) is 36.6 Å². The Morgan fingerprint density at radius 3 is 2.85 bits per heavy atom. The fourth-order valence-electron chi connectivity index (χ4n) is 3.39. The number of hydrogen-bond acceptors (Lipinski definition) is 6. The lowest BCUT2D eigenvalue weighted by Gasteiger charge is -2.21. The summed E-state index contributed by atoms with van der Waals surface area (Å²) < 4.78 is 0. The van der Waals surface area contributed by atoms with Crippen molar-refractivity contribution in [2.45, 2.75) is 38.5 Å². The van der Waals surface area contributed by atoms with E-state index in [0.717, 1.165) is 37.2 Å². The van der Waals surface area contributed by atoms with E-state index >= 15 is 0 Å². The van der Waals surface area contributed by atoms with Gasteiger partial charge in [0.05, 0.1) is 5.92 Å². The summed E-state index contributed by atoms with van der Waals surface area (Å²) in [6.45, 7) is 3.84. The number of carboxylic acids is 1. The van der Waals surface area contributed by atoms with Crippen LogP contribution < -0.4 is 5.32 Å². The first-order valence-corrected chi connectivity index (χ1v) is 9.00. The number of carboxylic acid groups (broad SMARTS) is 1. The van der Waals surface area contributed by atoms with E-state index in [1.165, 1.54) is 5.57 Å². The lowest BCUT2D eigenvalue weighted by atomic mass is 9.84. The number of H-pyrrole nitrogens is 1. The third-order valence-electron chi connectivity index (χ3n) is 4.78. The molecule has 1 aliphatic rings. The normalized spacial score (nSPS) is 16.7. The number of tetrazole rings is 1. The molecule has 0 radical (unpaired) electrons. The molecule has 0 spiro atoms. The molecule has 0 bridgehead atoms. The van der Waals surface area contributed by atoms with Gasteiger partial charge in [0.15, 0.2) is 5.82 Å². The molecule has 0 fully saturated rings. The highest BCUT2D eigenvalue weighted by Crippen LogP contribution is 2.29. The highest BCUT2D eigenvalue weighted by molar-refractivity contribution is 5.71. The SMILES string of the molecule is CCC[C@H](C(=O)O)[C@H](Cc1ccc(C2=CCNCC2)cn1)c1nn[nH]n1. The second-order valence-corrected chi connectivity index (χ2v) is 6.54. The summed E-state index contributed by atoms with van der Waals surface area (Å²) >= 11 is 0. The van der Waals surface area contributed by atoms with E-state index in [1.807, 2.05) is 19.2 Å². The molecule has 0 unspecified atom stereocenters. The molecule has 8 nitrogen and oxygen atoms in total. The minimum atomic E-state index is -0.835. The number of nitrogens with one attached hydrogen (secondary N) is 2. The number of aromatic nitrogens is 5. The third kappa shape index (κ3) is 4.32. The summed E-state index contributed by atoms with van der Waals surface area (Å²) in [4.78, 5) is 16.3. The van der Waals surface area contributed by atoms with Crippen molar-refractivity contribution in [3.8, 4) is 0 Å². The van der Waals surface area contributed by atoms with Crippen LogP contribution in [0, 0.1) is 5.92 Å². The Hall–Kier alpha value is -2.61. The van der Waals surface area contributed by atoms with Crippen LogP contribution in [0.2, 0.25) is 0 Å². The van der Waals surface area contributed by atoms with Crippen molar-refractivity contribution >= 4 is 11.5 Å². The van der Waals surface area contributed by atoms with Gasteiger partial charge < -0.3 is 10.4 Å². The summed E-state index contributed by atoms with van der Waals surface area (Å²) in [7, 11) is 0. The number of hydrogen-bond donors (Lipinski definition) is 3. The van der Waals surface area contributed by atoms with Crippen molar-refractivity contribution < 1.29 is 9.90 Å². The lowest BCUT2D eigenvalue weighted by Crippen LogP contribution is -2.25. The van der Waals surface area contributed by atoms with Crippen LogP contribution in [0.4, 0.5) is 0 Å². The van der Waals surface area contributed by atoms with E-state index in [-0.39, 0.29) is 5.92 Å². The number of carbonyl (C=O) groups is 1. The monoisotopic (exact) mass is 356 g/mol. The van der Waals surface area contributed by atoms with E-state index in [2.05, 4.69) is 43.1 Å². The molecule has 0 aliphatic carbocycles. The highest BCUT2D eigenvalue weighted by atomic mass is 16.4. The van der Waals surface area contributed by atoms with Crippen LogP contribution in [0.1, 0.15) is 49.2 Å². The molecular weight excluding hydrogens is 332 g/mol. The zero-order valence-electron chi connectivity index (χ0n) is 14.9. The van der Waals surface area contributed by atoms with Crippen LogP contribution >= 0.6 is 0 Å². The van der Waals surface area contributed by atoms with Crippen LogP contribution in [0.15, 0.2) is 24.4 Å². The average Bonchev–Trinajstić information content (AvgIpc) is 3.20. The molecule has 0 aromatic carbocycles. The molecule has 3 N–H and O–H groups in total. The Balaban J connectivity index is 1.80. The van der Waals surface area contributed by atoms with Crippen molar-refractivity contribution in [3.05, 3.63) is 41.5 Å². The number of nitrogens with zero attached hydrogens (tertiary/aromatic N) is 4. The maximum Gasteiger partial charge on any atom is 0.307 e. The van der Waals surface area contributed by atoms with Gasteiger partial charge in [-0.3, -0.25) is 9.78 Å². The first-order valence-electron chi connectivity index (χ1n) is 9.00. The number of pyridine rings is 1. The smallest absolute Gasteiger partial charge is 0.307 e. The van der Waals surface area contributed by atoms with Gasteiger partial charge >= 0.3 is 5.97 Å². The number of aliphatic carboxylic acids is 1. The van der Waals surface area contributed by atoms with Crippen molar-refractivity contribution in [2.24, 2.45) is 5.92 Å². The van der Waals surface area contributed by atoms with E-state index in [0.29, 0.717) is 18.7 Å². The quantitative estimate of drug-likeness (QED) is 0.660. The molecule has 138 valence electrons. The van der Waals surface area contributed by atoms with Gasteiger partial charge in [-0.25, -0.2) is 0 Å². The summed E-state index contributed by atoms with van der Waals surface area (Å²) in [5.74, 6) is -1.33. The first kappa shape index (κ1) is 18.2. The van der Waals surface area contributed by atoms with Crippen molar-refractivity contribution in [3.63, 3.8) is 0 Å². The van der Waals surface area contributed by atoms with E-state index < -0.39 is 11.9 Å². The summed E-state index contributed by atoms with van der Waals surface area (Å²) in [6, 6.07) is 4.03. The summed E-state index contributed by atoms with van der Waals surface area (Å²) in [5, 5.41) is 27.0. The minimum absolute atomic E-state index is 0.359. The standard InChI is InChI=1S/C18H24N6O2/c1-2-3-15(18(25)26)16(17-21-23-24-22-17)10-14-5-4-13(11-20-14)12-6-8-19-9-7-12/h4-6,11,15-16,19H,2-3,7-10H2,1H3,(H,25,26)(H,21,22,23,24)/t15-,16-/m0/s1. The average molecular weight is 356 g/mol. The Kier molecular flexibility index (Phi) is 6.06. The Morgan fingerprint density at radius 2 is 2.27 bits per heavy atom. The van der Waals surface area contributed by atoms with E-state index in [4.69, 9.17) is 0 Å². The maximum atomic E-state index is 11.8. The molecule has 1 aliphatic heterocycles. The molecule has 3 rings (SSSR count). The van der Waals surface area contributed by atoms with Gasteiger partial charge in [0.2, 0.25) is 0 Å². The molecule has 2 aromatic rings. The topological polar surface area (TPSA) is 117 Å². The molecular formula is C18H24N6O2. The highest BCUT2D eigenvalue weighted by Gasteiger charge is 2.32. The maximum absolute atomic E-state index is 11.8. The summed E-state index contributed by atoms with van der Waals surface area (Å²) in [5.41, 5.74) is 3.25. The van der Waals surface area contributed by atoms with Gasteiger partial charge in [0.25, 0.3) is 0 Å².